The zero-order valence-electron chi connectivity index (χ0n) is 57.5. The van der Waals surface area contributed by atoms with Crippen molar-refractivity contribution in [3.63, 3.8) is 0 Å². The predicted octanol–water partition coefficient (Wildman–Crippen LogP) is 23.9. The van der Waals surface area contributed by atoms with Gasteiger partial charge in [-0.3, -0.25) is 18.7 Å². The molecule has 0 unspecified atom stereocenters. The largest absolute Gasteiger partial charge is 0.276 e. The van der Waals surface area contributed by atoms with E-state index in [1.807, 2.05) is 63.7 Å². The molecule has 0 fully saturated rings. The standard InChI is InChI=1S/C50H31NO.C49H37NO/c52-49-42-18-5-4-14-37(42)43-30-34(25-29-48(43)51(49)36-26-22-33(23-27-36)32-12-2-1-3-13-32)35-24-28-41-40-17-8-11-21-46(40)50(47(41)31-35)44-19-9-6-15-38(44)39-16-7-10-20-45(39)50;1-48(2)43-16-10-8-13-37(43)40-27-31(20-25-44(40)48)30-17-22-34(23-18-30)50-46-26-21-32(28-41(46)35-11-5-6-14-39(35)47(50)51)33-19-24-38-36-12-7-9-15-42(36)49(3,4)45(38)29-33/h1-31H;5-29H,1-4H3. The van der Waals surface area contributed by atoms with Crippen LogP contribution in [0.25, 0.3) is 144 Å². The van der Waals surface area contributed by atoms with E-state index in [0.29, 0.717) is 5.39 Å². The molecule has 0 atom stereocenters. The number of aromatic nitrogens is 2. The topological polar surface area (TPSA) is 44.0 Å². The highest BCUT2D eigenvalue weighted by atomic mass is 16.1. The number of fused-ring (bicyclic) bond motifs is 22. The zero-order chi connectivity index (χ0) is 69.0. The smallest absolute Gasteiger partial charge is 0.263 e. The van der Waals surface area contributed by atoms with Gasteiger partial charge in [-0.1, -0.05) is 289 Å². The van der Waals surface area contributed by atoms with E-state index < -0.39 is 5.41 Å². The van der Waals surface area contributed by atoms with Gasteiger partial charge in [0.2, 0.25) is 0 Å². The molecule has 0 N–H and O–H groups in total. The predicted molar refractivity (Wildman–Crippen MR) is 427 cm³/mol. The van der Waals surface area contributed by atoms with Crippen LogP contribution in [-0.4, -0.2) is 9.13 Å². The summed E-state index contributed by atoms with van der Waals surface area (Å²) >= 11 is 0. The first kappa shape index (κ1) is 60.2. The zero-order valence-corrected chi connectivity index (χ0v) is 57.5. The monoisotopic (exact) mass is 1320 g/mol. The van der Waals surface area contributed by atoms with Crippen molar-refractivity contribution in [1.29, 1.82) is 0 Å². The van der Waals surface area contributed by atoms with Crippen molar-refractivity contribution in [2.75, 3.05) is 0 Å². The Morgan fingerprint density at radius 1 is 0.204 bits per heavy atom. The third-order valence-electron chi connectivity index (χ3n) is 23.3. The first-order valence-corrected chi connectivity index (χ1v) is 35.8. The Hall–Kier alpha value is -12.8. The molecule has 2 aromatic heterocycles. The quantitative estimate of drug-likeness (QED) is 0.156. The summed E-state index contributed by atoms with van der Waals surface area (Å²) in [6.45, 7) is 9.27. The van der Waals surface area contributed by atoms with Gasteiger partial charge >= 0.3 is 0 Å². The number of nitrogens with zero attached hydrogens (tertiary/aromatic N) is 2. The van der Waals surface area contributed by atoms with Crippen LogP contribution in [0.4, 0.5) is 0 Å². The summed E-state index contributed by atoms with van der Waals surface area (Å²) in [6, 6.07) is 121. The molecule has 4 nitrogen and oxygen atoms in total. The van der Waals surface area contributed by atoms with Crippen molar-refractivity contribution in [3.05, 3.63) is 405 Å². The molecule has 4 aliphatic rings. The van der Waals surface area contributed by atoms with Gasteiger partial charge in [0.1, 0.15) is 0 Å². The van der Waals surface area contributed by atoms with Crippen LogP contribution in [0.1, 0.15) is 72.2 Å². The van der Waals surface area contributed by atoms with Crippen LogP contribution in [0.3, 0.4) is 0 Å². The Morgan fingerprint density at radius 2 is 0.505 bits per heavy atom. The second-order valence-electron chi connectivity index (χ2n) is 29.3. The number of hydrogen-bond acceptors (Lipinski definition) is 2. The molecule has 0 bridgehead atoms. The molecule has 0 saturated heterocycles. The van der Waals surface area contributed by atoms with Gasteiger partial charge in [-0.25, -0.2) is 0 Å². The van der Waals surface area contributed by atoms with Crippen LogP contribution in [0.15, 0.2) is 349 Å². The van der Waals surface area contributed by atoms with E-state index >= 15 is 0 Å². The van der Waals surface area contributed by atoms with Crippen molar-refractivity contribution in [3.8, 4) is 100 Å². The average Bonchev–Trinajstić information content (AvgIpc) is 1.51. The van der Waals surface area contributed by atoms with Crippen LogP contribution in [-0.2, 0) is 16.2 Å². The Balaban J connectivity index is 0.000000138. The molecule has 0 radical (unpaired) electrons. The van der Waals surface area contributed by atoms with E-state index in [2.05, 4.69) is 313 Å². The Bertz CT molecular complexity index is 6520. The van der Waals surface area contributed by atoms with Gasteiger partial charge in [0, 0.05) is 43.7 Å². The molecule has 486 valence electrons. The molecule has 4 heteroatoms. The fourth-order valence-corrected chi connectivity index (χ4v) is 18.3. The third kappa shape index (κ3) is 8.84. The Kier molecular flexibility index (Phi) is 13.2. The van der Waals surface area contributed by atoms with Gasteiger partial charge in [-0.05, 0) is 223 Å². The lowest BCUT2D eigenvalue weighted by atomic mass is 9.70. The molecule has 1 spiro atoms. The highest BCUT2D eigenvalue weighted by molar-refractivity contribution is 6.09. The van der Waals surface area contributed by atoms with E-state index in [-0.39, 0.29) is 21.9 Å². The molecule has 103 heavy (non-hydrogen) atoms. The molecule has 0 amide bonds. The third-order valence-corrected chi connectivity index (χ3v) is 23.3. The number of rotatable bonds is 6. The minimum Gasteiger partial charge on any atom is -0.276 e. The highest BCUT2D eigenvalue weighted by Gasteiger charge is 2.51. The molecule has 2 heterocycles. The molecular weight excluding hydrogens is 1250 g/mol. The lowest BCUT2D eigenvalue weighted by Gasteiger charge is -2.30. The fourth-order valence-electron chi connectivity index (χ4n) is 18.3. The first-order valence-electron chi connectivity index (χ1n) is 35.8. The highest BCUT2D eigenvalue weighted by Crippen LogP contribution is 2.63. The molecular formula is C99H68N2O2. The summed E-state index contributed by atoms with van der Waals surface area (Å²) in [5, 5.41) is 5.48. The molecule has 0 saturated carbocycles. The van der Waals surface area contributed by atoms with Crippen molar-refractivity contribution >= 4 is 43.4 Å². The maximum Gasteiger partial charge on any atom is 0.263 e. The van der Waals surface area contributed by atoms with Crippen LogP contribution in [0.2, 0.25) is 0 Å². The van der Waals surface area contributed by atoms with Gasteiger partial charge < -0.3 is 0 Å². The van der Waals surface area contributed by atoms with Gasteiger partial charge in [0.15, 0.2) is 0 Å². The lowest BCUT2D eigenvalue weighted by molar-refractivity contribution is 0.660. The van der Waals surface area contributed by atoms with E-state index in [1.165, 1.54) is 100 Å². The second-order valence-corrected chi connectivity index (χ2v) is 29.3. The maximum absolute atomic E-state index is 14.2. The molecule has 17 aromatic rings. The summed E-state index contributed by atoms with van der Waals surface area (Å²) < 4.78 is 3.76. The van der Waals surface area contributed by atoms with Crippen molar-refractivity contribution in [2.24, 2.45) is 0 Å². The maximum atomic E-state index is 14.2. The lowest BCUT2D eigenvalue weighted by Crippen LogP contribution is -2.25. The fraction of sp³-hybridized carbons (Fsp3) is 0.0707. The summed E-state index contributed by atoms with van der Waals surface area (Å²) in [7, 11) is 0. The number of hydrogen-bond donors (Lipinski definition) is 0. The summed E-state index contributed by atoms with van der Waals surface area (Å²) in [5.41, 5.74) is 33.4. The SMILES string of the molecule is CC1(C)c2ccccc2-c2cc(-c3ccc(-n4c(=O)c5ccccc5c5cc(-c6ccc7c(c6)C(C)(C)c6ccccc6-7)ccc54)cc3)ccc21.O=c1c2ccccc2c2cc(-c3ccc4c(c3)C3(c5ccccc5-c5ccccc53)c3ccccc3-4)ccc2n1-c1ccc(-c2ccccc2)cc1. The Morgan fingerprint density at radius 3 is 0.990 bits per heavy atom. The van der Waals surface area contributed by atoms with Crippen molar-refractivity contribution in [2.45, 2.75) is 43.9 Å². The van der Waals surface area contributed by atoms with E-state index in [1.54, 1.807) is 0 Å². The number of benzene rings is 15. The summed E-state index contributed by atoms with van der Waals surface area (Å²) in [5.74, 6) is 0. The van der Waals surface area contributed by atoms with Crippen LogP contribution >= 0.6 is 0 Å². The van der Waals surface area contributed by atoms with Crippen LogP contribution in [0.5, 0.6) is 0 Å². The van der Waals surface area contributed by atoms with E-state index in [4.69, 9.17) is 0 Å². The van der Waals surface area contributed by atoms with E-state index in [0.717, 1.165) is 82.7 Å². The second kappa shape index (κ2) is 22.6. The van der Waals surface area contributed by atoms with Gasteiger partial charge in [0.05, 0.1) is 16.4 Å². The van der Waals surface area contributed by atoms with Crippen LogP contribution in [0, 0.1) is 0 Å². The number of pyridine rings is 2. The normalized spacial score (nSPS) is 13.9. The molecule has 4 aliphatic carbocycles. The summed E-state index contributed by atoms with van der Waals surface area (Å²) in [6.07, 6.45) is 0. The van der Waals surface area contributed by atoms with Gasteiger partial charge in [-0.15, -0.1) is 0 Å². The minimum absolute atomic E-state index is 0.00739. The van der Waals surface area contributed by atoms with Crippen molar-refractivity contribution < 1.29 is 0 Å². The minimum atomic E-state index is -0.398. The average molecular weight is 1320 g/mol. The Labute approximate surface area is 598 Å². The van der Waals surface area contributed by atoms with Crippen LogP contribution < -0.4 is 11.1 Å². The molecule has 0 aliphatic heterocycles. The van der Waals surface area contributed by atoms with E-state index in [9.17, 15) is 9.59 Å². The molecule has 15 aromatic carbocycles. The summed E-state index contributed by atoms with van der Waals surface area (Å²) in [4.78, 5) is 28.4. The van der Waals surface area contributed by atoms with Gasteiger partial charge in [0.25, 0.3) is 11.1 Å². The van der Waals surface area contributed by atoms with Gasteiger partial charge in [-0.2, -0.15) is 0 Å². The molecule has 21 rings (SSSR count). The first-order chi connectivity index (χ1) is 50.4. The van der Waals surface area contributed by atoms with Crippen molar-refractivity contribution in [1.82, 2.24) is 9.13 Å².